The van der Waals surface area contributed by atoms with Crippen molar-refractivity contribution in [3.05, 3.63) is 48.0 Å². The van der Waals surface area contributed by atoms with E-state index in [0.29, 0.717) is 30.1 Å². The Balaban J connectivity index is 1.74. The van der Waals surface area contributed by atoms with Crippen molar-refractivity contribution in [2.75, 3.05) is 32.8 Å². The van der Waals surface area contributed by atoms with Gasteiger partial charge < -0.3 is 19.4 Å². The maximum absolute atomic E-state index is 12.1. The number of likely N-dealkylation sites (N-methyl/N-ethyl adjacent to an activating group) is 1. The first kappa shape index (κ1) is 19.9. The number of aromatic nitrogens is 2. The highest BCUT2D eigenvalue weighted by molar-refractivity contribution is 6.02. The number of aromatic amines is 1. The Kier molecular flexibility index (Phi) is 6.66. The average Bonchev–Trinajstić information content (AvgIpc) is 3.16. The number of carbonyl (C=O) groups excluding carboxylic acids is 1. The molecule has 0 radical (unpaired) electrons. The van der Waals surface area contributed by atoms with Gasteiger partial charge in [-0.2, -0.15) is 0 Å². The number of imidazole rings is 1. The van der Waals surface area contributed by atoms with Crippen molar-refractivity contribution in [3.8, 4) is 17.1 Å². The Morgan fingerprint density at radius 1 is 1.07 bits per heavy atom. The summed E-state index contributed by atoms with van der Waals surface area (Å²) < 4.78 is 11.0. The summed E-state index contributed by atoms with van der Waals surface area (Å²) in [5.41, 5.74) is 2.83. The van der Waals surface area contributed by atoms with Crippen LogP contribution in [0.5, 0.6) is 5.75 Å². The third kappa shape index (κ3) is 4.51. The highest BCUT2D eigenvalue weighted by Gasteiger charge is 2.15. The van der Waals surface area contributed by atoms with Crippen LogP contribution in [0.25, 0.3) is 22.4 Å². The molecule has 6 nitrogen and oxygen atoms in total. The van der Waals surface area contributed by atoms with Gasteiger partial charge in [-0.1, -0.05) is 19.9 Å². The molecule has 0 atom stereocenters. The van der Waals surface area contributed by atoms with Gasteiger partial charge in [-0.3, -0.25) is 0 Å². The minimum atomic E-state index is -0.358. The van der Waals surface area contributed by atoms with Gasteiger partial charge in [0.2, 0.25) is 0 Å². The van der Waals surface area contributed by atoms with Gasteiger partial charge in [-0.05, 0) is 56.4 Å². The molecule has 0 saturated heterocycles. The van der Waals surface area contributed by atoms with Gasteiger partial charge >= 0.3 is 5.97 Å². The van der Waals surface area contributed by atoms with Crippen molar-refractivity contribution in [1.82, 2.24) is 14.9 Å². The summed E-state index contributed by atoms with van der Waals surface area (Å²) in [4.78, 5) is 22.4. The number of benzene rings is 2. The summed E-state index contributed by atoms with van der Waals surface area (Å²) in [6.07, 6.45) is 0. The molecule has 0 bridgehead atoms. The van der Waals surface area contributed by atoms with Crippen LogP contribution in [0.2, 0.25) is 0 Å². The van der Waals surface area contributed by atoms with E-state index in [1.165, 1.54) is 0 Å². The summed E-state index contributed by atoms with van der Waals surface area (Å²) in [7, 11) is 0. The van der Waals surface area contributed by atoms with Crippen LogP contribution in [0.15, 0.2) is 42.5 Å². The zero-order chi connectivity index (χ0) is 19.9. The number of fused-ring (bicyclic) bond motifs is 1. The average molecular weight is 381 g/mol. The van der Waals surface area contributed by atoms with Crippen LogP contribution < -0.4 is 4.74 Å². The van der Waals surface area contributed by atoms with Gasteiger partial charge in [0.1, 0.15) is 23.7 Å². The predicted octanol–water partition coefficient (Wildman–Crippen LogP) is 4.13. The van der Waals surface area contributed by atoms with Crippen LogP contribution in [0.3, 0.4) is 0 Å². The fourth-order valence-electron chi connectivity index (χ4n) is 3.08. The number of rotatable bonds is 9. The normalized spacial score (nSPS) is 11.1. The van der Waals surface area contributed by atoms with Crippen molar-refractivity contribution < 1.29 is 14.3 Å². The van der Waals surface area contributed by atoms with Crippen molar-refractivity contribution in [3.63, 3.8) is 0 Å². The van der Waals surface area contributed by atoms with Crippen LogP contribution in [0, 0.1) is 0 Å². The maximum atomic E-state index is 12.1. The standard InChI is InChI=1S/C22H27N3O3/c1-4-25(5-2)14-15-28-17-12-10-16(11-13-17)21-23-19-9-7-8-18(20(19)24-21)22(26)27-6-3/h7-13H,4-6,14-15H2,1-3H3,(H,23,24). The molecule has 0 unspecified atom stereocenters. The van der Waals surface area contributed by atoms with Gasteiger partial charge in [0.15, 0.2) is 0 Å². The number of ether oxygens (including phenoxy) is 2. The van der Waals surface area contributed by atoms with E-state index >= 15 is 0 Å². The molecule has 3 aromatic rings. The molecule has 148 valence electrons. The van der Waals surface area contributed by atoms with Crippen molar-refractivity contribution >= 4 is 17.0 Å². The Labute approximate surface area is 165 Å². The zero-order valence-corrected chi connectivity index (χ0v) is 16.7. The van der Waals surface area contributed by atoms with Gasteiger partial charge in [0.25, 0.3) is 0 Å². The van der Waals surface area contributed by atoms with Gasteiger partial charge in [0, 0.05) is 12.1 Å². The minimum Gasteiger partial charge on any atom is -0.492 e. The fraction of sp³-hybridized carbons (Fsp3) is 0.364. The molecule has 3 rings (SSSR count). The molecule has 0 spiro atoms. The molecule has 0 aliphatic carbocycles. The van der Waals surface area contributed by atoms with Crippen molar-refractivity contribution in [2.24, 2.45) is 0 Å². The summed E-state index contributed by atoms with van der Waals surface area (Å²) in [6, 6.07) is 13.3. The first-order chi connectivity index (χ1) is 13.7. The molecule has 2 aromatic carbocycles. The molecule has 1 N–H and O–H groups in total. The fourth-order valence-corrected chi connectivity index (χ4v) is 3.08. The molecule has 0 amide bonds. The second-order valence-electron chi connectivity index (χ2n) is 6.41. The molecular formula is C22H27N3O3. The second kappa shape index (κ2) is 9.37. The number of nitrogens with zero attached hydrogens (tertiary/aromatic N) is 2. The number of para-hydroxylation sites is 1. The monoisotopic (exact) mass is 381 g/mol. The largest absolute Gasteiger partial charge is 0.492 e. The summed E-state index contributed by atoms with van der Waals surface area (Å²) in [5.74, 6) is 1.18. The number of nitrogens with one attached hydrogen (secondary N) is 1. The van der Waals surface area contributed by atoms with E-state index in [9.17, 15) is 4.79 Å². The van der Waals surface area contributed by atoms with Gasteiger partial charge in [-0.15, -0.1) is 0 Å². The minimum absolute atomic E-state index is 0.336. The van der Waals surface area contributed by atoms with Gasteiger partial charge in [0.05, 0.1) is 17.7 Å². The lowest BCUT2D eigenvalue weighted by molar-refractivity contribution is 0.0528. The predicted molar refractivity (Wildman–Crippen MR) is 111 cm³/mol. The van der Waals surface area contributed by atoms with Gasteiger partial charge in [-0.25, -0.2) is 9.78 Å². The van der Waals surface area contributed by atoms with E-state index in [2.05, 4.69) is 28.7 Å². The van der Waals surface area contributed by atoms with Crippen LogP contribution in [-0.2, 0) is 4.74 Å². The number of carbonyl (C=O) groups is 1. The summed E-state index contributed by atoms with van der Waals surface area (Å²) in [6.45, 7) is 10.1. The SMILES string of the molecule is CCOC(=O)c1cccc2[nH]c(-c3ccc(OCCN(CC)CC)cc3)nc12. The van der Waals surface area contributed by atoms with Crippen molar-refractivity contribution in [2.45, 2.75) is 20.8 Å². The van der Waals surface area contributed by atoms with E-state index in [0.717, 1.165) is 36.5 Å². The Hall–Kier alpha value is -2.86. The number of hydrogen-bond donors (Lipinski definition) is 1. The smallest absolute Gasteiger partial charge is 0.340 e. The molecule has 0 aliphatic rings. The third-order valence-corrected chi connectivity index (χ3v) is 4.71. The van der Waals surface area contributed by atoms with E-state index in [1.807, 2.05) is 36.4 Å². The molecule has 6 heteroatoms. The first-order valence-corrected chi connectivity index (χ1v) is 9.77. The van der Waals surface area contributed by atoms with Crippen LogP contribution >= 0.6 is 0 Å². The highest BCUT2D eigenvalue weighted by Crippen LogP contribution is 2.25. The third-order valence-electron chi connectivity index (χ3n) is 4.71. The Bertz CT molecular complexity index is 914. The lowest BCUT2D eigenvalue weighted by Crippen LogP contribution is -2.27. The van der Waals surface area contributed by atoms with Crippen molar-refractivity contribution in [1.29, 1.82) is 0 Å². The molecule has 28 heavy (non-hydrogen) atoms. The Morgan fingerprint density at radius 2 is 1.82 bits per heavy atom. The molecule has 0 aliphatic heterocycles. The molecule has 1 aromatic heterocycles. The highest BCUT2D eigenvalue weighted by atomic mass is 16.5. The van der Waals surface area contributed by atoms with E-state index in [4.69, 9.17) is 9.47 Å². The Morgan fingerprint density at radius 3 is 2.50 bits per heavy atom. The number of esters is 1. The lowest BCUT2D eigenvalue weighted by atomic mass is 10.2. The van der Waals surface area contributed by atoms with Crippen LogP contribution in [-0.4, -0.2) is 53.7 Å². The molecule has 0 fully saturated rings. The number of hydrogen-bond acceptors (Lipinski definition) is 5. The molecule has 0 saturated carbocycles. The lowest BCUT2D eigenvalue weighted by Gasteiger charge is -2.18. The number of H-pyrrole nitrogens is 1. The first-order valence-electron chi connectivity index (χ1n) is 9.77. The van der Waals surface area contributed by atoms with E-state index < -0.39 is 0 Å². The van der Waals surface area contributed by atoms with E-state index in [1.54, 1.807) is 13.0 Å². The second-order valence-corrected chi connectivity index (χ2v) is 6.41. The van der Waals surface area contributed by atoms with Crippen LogP contribution in [0.4, 0.5) is 0 Å². The summed E-state index contributed by atoms with van der Waals surface area (Å²) in [5, 5.41) is 0. The van der Waals surface area contributed by atoms with E-state index in [-0.39, 0.29) is 5.97 Å². The topological polar surface area (TPSA) is 67.5 Å². The quantitative estimate of drug-likeness (QED) is 0.565. The summed E-state index contributed by atoms with van der Waals surface area (Å²) >= 11 is 0. The molecular weight excluding hydrogens is 354 g/mol. The zero-order valence-electron chi connectivity index (χ0n) is 16.7. The molecule has 1 heterocycles. The van der Waals surface area contributed by atoms with Crippen LogP contribution in [0.1, 0.15) is 31.1 Å². The maximum Gasteiger partial charge on any atom is 0.340 e.